The zero-order valence-electron chi connectivity index (χ0n) is 13.7. The van der Waals surface area contributed by atoms with Crippen molar-refractivity contribution in [1.82, 2.24) is 10.2 Å². The van der Waals surface area contributed by atoms with Crippen molar-refractivity contribution in [2.24, 2.45) is 5.92 Å². The predicted molar refractivity (Wildman–Crippen MR) is 88.9 cm³/mol. The summed E-state index contributed by atoms with van der Waals surface area (Å²) in [4.78, 5) is 13.4. The van der Waals surface area contributed by atoms with E-state index >= 15 is 0 Å². The predicted octanol–water partition coefficient (Wildman–Crippen LogP) is 1.78. The summed E-state index contributed by atoms with van der Waals surface area (Å²) in [5.41, 5.74) is 1.27. The first-order chi connectivity index (χ1) is 11.2. The molecule has 1 aliphatic rings. The lowest BCUT2D eigenvalue weighted by Gasteiger charge is -2.23. The Kier molecular flexibility index (Phi) is 6.99. The van der Waals surface area contributed by atoms with E-state index in [1.54, 1.807) is 6.92 Å². The van der Waals surface area contributed by atoms with E-state index in [1.165, 1.54) is 5.56 Å². The second kappa shape index (κ2) is 8.99. The number of hydrogen-bond acceptors (Lipinski definition) is 3. The first-order valence-electron chi connectivity index (χ1n) is 8.45. The van der Waals surface area contributed by atoms with E-state index in [0.29, 0.717) is 19.5 Å². The fourth-order valence-electron chi connectivity index (χ4n) is 3.20. The molecule has 0 aromatic heterocycles. The Hall–Kier alpha value is -1.46. The molecule has 1 saturated heterocycles. The van der Waals surface area contributed by atoms with Crippen LogP contribution >= 0.6 is 0 Å². The highest BCUT2D eigenvalue weighted by molar-refractivity contribution is 5.75. The van der Waals surface area contributed by atoms with Crippen molar-refractivity contribution < 1.29 is 14.3 Å². The molecule has 5 heteroatoms. The van der Waals surface area contributed by atoms with Crippen molar-refractivity contribution in [2.75, 3.05) is 26.2 Å². The zero-order chi connectivity index (χ0) is 16.7. The van der Waals surface area contributed by atoms with Gasteiger partial charge in [0.1, 0.15) is 6.17 Å². The number of rotatable bonds is 8. The van der Waals surface area contributed by atoms with E-state index in [0.717, 1.165) is 19.4 Å². The van der Waals surface area contributed by atoms with Crippen LogP contribution in [0.5, 0.6) is 0 Å². The molecule has 128 valence electrons. The summed E-state index contributed by atoms with van der Waals surface area (Å²) < 4.78 is 14.5. The molecule has 1 aromatic rings. The molecule has 0 bridgehead atoms. The summed E-state index contributed by atoms with van der Waals surface area (Å²) >= 11 is 0. The Morgan fingerprint density at radius 3 is 2.78 bits per heavy atom. The summed E-state index contributed by atoms with van der Waals surface area (Å²) in [6, 6.07) is 9.77. The minimum atomic E-state index is -1.09. The molecule has 4 nitrogen and oxygen atoms in total. The topological polar surface area (TPSA) is 52.6 Å². The smallest absolute Gasteiger partial charge is 0.219 e. The molecule has 23 heavy (non-hydrogen) atoms. The van der Waals surface area contributed by atoms with Crippen LogP contribution < -0.4 is 5.32 Å². The van der Waals surface area contributed by atoms with Gasteiger partial charge in [-0.3, -0.25) is 9.69 Å². The maximum absolute atomic E-state index is 14.5. The zero-order valence-corrected chi connectivity index (χ0v) is 13.7. The molecule has 0 radical (unpaired) electrons. The fourth-order valence-corrected chi connectivity index (χ4v) is 3.20. The lowest BCUT2D eigenvalue weighted by atomic mass is 10.0. The van der Waals surface area contributed by atoms with Crippen LogP contribution in [0.25, 0.3) is 0 Å². The minimum Gasteiger partial charge on any atom is -0.395 e. The second-order valence-corrected chi connectivity index (χ2v) is 6.20. The second-order valence-electron chi connectivity index (χ2n) is 6.20. The van der Waals surface area contributed by atoms with Gasteiger partial charge < -0.3 is 10.4 Å². The highest BCUT2D eigenvalue weighted by Crippen LogP contribution is 2.26. The van der Waals surface area contributed by atoms with Gasteiger partial charge in [-0.2, -0.15) is 0 Å². The summed E-state index contributed by atoms with van der Waals surface area (Å²) in [5.74, 6) is -0.292. The van der Waals surface area contributed by atoms with Crippen LogP contribution in [-0.4, -0.2) is 54.4 Å². The van der Waals surface area contributed by atoms with Crippen molar-refractivity contribution in [3.05, 3.63) is 35.9 Å². The largest absolute Gasteiger partial charge is 0.395 e. The first kappa shape index (κ1) is 17.9. The van der Waals surface area contributed by atoms with E-state index in [-0.39, 0.29) is 18.4 Å². The van der Waals surface area contributed by atoms with Gasteiger partial charge in [0.15, 0.2) is 0 Å². The number of benzene rings is 1. The van der Waals surface area contributed by atoms with Crippen LogP contribution in [-0.2, 0) is 11.2 Å². The molecule has 1 amide bonds. The average molecular weight is 322 g/mol. The number of halogens is 1. The number of aliphatic hydroxyl groups excluding tert-OH is 1. The Morgan fingerprint density at radius 2 is 2.13 bits per heavy atom. The number of nitrogens with zero attached hydrogens (tertiary/aromatic N) is 1. The highest BCUT2D eigenvalue weighted by Gasteiger charge is 2.41. The van der Waals surface area contributed by atoms with Gasteiger partial charge in [0, 0.05) is 25.4 Å². The third-order valence-electron chi connectivity index (χ3n) is 4.58. The van der Waals surface area contributed by atoms with Gasteiger partial charge in [-0.1, -0.05) is 37.3 Å². The number of likely N-dealkylation sites (tertiary alicyclic amines) is 1. The van der Waals surface area contributed by atoms with Crippen LogP contribution in [0, 0.1) is 5.92 Å². The molecule has 2 rings (SSSR count). The third kappa shape index (κ3) is 5.01. The summed E-state index contributed by atoms with van der Waals surface area (Å²) in [7, 11) is 0. The van der Waals surface area contributed by atoms with E-state index in [9.17, 15) is 14.3 Å². The molecule has 1 heterocycles. The SMILES string of the molecule is CCC(=O)NCC1CN(CCCc2ccccc2)[C@@H](CO)[C@H]1F. The van der Waals surface area contributed by atoms with Crippen molar-refractivity contribution in [1.29, 1.82) is 0 Å². The number of carbonyl (C=O) groups excluding carboxylic acids is 1. The van der Waals surface area contributed by atoms with Crippen molar-refractivity contribution >= 4 is 5.91 Å². The molecule has 1 fully saturated rings. The maximum atomic E-state index is 14.5. The number of nitrogens with one attached hydrogen (secondary N) is 1. The monoisotopic (exact) mass is 322 g/mol. The van der Waals surface area contributed by atoms with Crippen LogP contribution in [0.2, 0.25) is 0 Å². The molecule has 0 spiro atoms. The van der Waals surface area contributed by atoms with E-state index in [4.69, 9.17) is 0 Å². The number of aliphatic hydroxyl groups is 1. The molecule has 2 N–H and O–H groups in total. The van der Waals surface area contributed by atoms with Crippen LogP contribution in [0.3, 0.4) is 0 Å². The Labute approximate surface area is 137 Å². The Balaban J connectivity index is 1.82. The van der Waals surface area contributed by atoms with Gasteiger partial charge >= 0.3 is 0 Å². The molecule has 1 unspecified atom stereocenters. The molecule has 0 aliphatic carbocycles. The normalized spacial score (nSPS) is 24.7. The molecule has 1 aromatic carbocycles. The van der Waals surface area contributed by atoms with E-state index in [1.807, 2.05) is 23.1 Å². The lowest BCUT2D eigenvalue weighted by Crippen LogP contribution is -2.38. The third-order valence-corrected chi connectivity index (χ3v) is 4.58. The van der Waals surface area contributed by atoms with Crippen LogP contribution in [0.1, 0.15) is 25.3 Å². The Bertz CT molecular complexity index is 483. The van der Waals surface area contributed by atoms with Crippen LogP contribution in [0.4, 0.5) is 4.39 Å². The van der Waals surface area contributed by atoms with Crippen LogP contribution in [0.15, 0.2) is 30.3 Å². The van der Waals surface area contributed by atoms with Crippen molar-refractivity contribution in [3.8, 4) is 0 Å². The van der Waals surface area contributed by atoms with Gasteiger partial charge in [0.05, 0.1) is 12.6 Å². The number of alkyl halides is 1. The molecule has 0 saturated carbocycles. The molecular weight excluding hydrogens is 295 g/mol. The van der Waals surface area contributed by atoms with Gasteiger partial charge in [0.25, 0.3) is 0 Å². The summed E-state index contributed by atoms with van der Waals surface area (Å²) in [6.45, 7) is 3.30. The number of hydrogen-bond donors (Lipinski definition) is 2. The Morgan fingerprint density at radius 1 is 1.39 bits per heavy atom. The fraction of sp³-hybridized carbons (Fsp3) is 0.611. The van der Waals surface area contributed by atoms with E-state index in [2.05, 4.69) is 17.4 Å². The van der Waals surface area contributed by atoms with Crippen molar-refractivity contribution in [3.63, 3.8) is 0 Å². The minimum absolute atomic E-state index is 0.0553. The number of amides is 1. The quantitative estimate of drug-likeness (QED) is 0.767. The van der Waals surface area contributed by atoms with Gasteiger partial charge in [-0.15, -0.1) is 0 Å². The first-order valence-corrected chi connectivity index (χ1v) is 8.45. The van der Waals surface area contributed by atoms with Gasteiger partial charge in [-0.25, -0.2) is 4.39 Å². The van der Waals surface area contributed by atoms with E-state index < -0.39 is 12.2 Å². The summed E-state index contributed by atoms with van der Waals surface area (Å²) in [5, 5.41) is 12.3. The van der Waals surface area contributed by atoms with Gasteiger partial charge in [0.2, 0.25) is 5.91 Å². The lowest BCUT2D eigenvalue weighted by molar-refractivity contribution is -0.121. The molecule has 1 aliphatic heterocycles. The number of aryl methyl sites for hydroxylation is 1. The maximum Gasteiger partial charge on any atom is 0.219 e. The summed E-state index contributed by atoms with van der Waals surface area (Å²) in [6.07, 6.45) is 1.20. The highest BCUT2D eigenvalue weighted by atomic mass is 19.1. The molecular formula is C18H27FN2O2. The molecule has 3 atom stereocenters. The number of carbonyl (C=O) groups is 1. The van der Waals surface area contributed by atoms with Gasteiger partial charge in [-0.05, 0) is 24.9 Å². The van der Waals surface area contributed by atoms with Crippen molar-refractivity contribution in [2.45, 2.75) is 38.4 Å². The standard InChI is InChI=1S/C18H27FN2O2/c1-2-17(23)20-11-15-12-21(16(13-22)18(15)19)10-6-9-14-7-4-3-5-8-14/h3-5,7-8,15-16,18,22H,2,6,9-13H2,1H3,(H,20,23)/t15?,16-,18-/m0/s1. The average Bonchev–Trinajstić information content (AvgIpc) is 2.88.